The largest absolute Gasteiger partial charge is 0.481 e. The summed E-state index contributed by atoms with van der Waals surface area (Å²) in [6.45, 7) is 6.66. The number of rotatable bonds is 22. The van der Waals surface area contributed by atoms with E-state index < -0.39 is 84.1 Å². The maximum atomic E-state index is 13.2. The Kier molecular flexibility index (Phi) is 19.6. The van der Waals surface area contributed by atoms with Crippen LogP contribution in [-0.4, -0.2) is 106 Å². The van der Waals surface area contributed by atoms with Crippen LogP contribution < -0.4 is 38.1 Å². The summed E-state index contributed by atoms with van der Waals surface area (Å²) in [4.78, 5) is 87.3. The van der Waals surface area contributed by atoms with Crippen LogP contribution in [0.5, 0.6) is 0 Å². The van der Waals surface area contributed by atoms with Crippen LogP contribution in [0.4, 0.5) is 0 Å². The van der Waals surface area contributed by atoms with E-state index in [-0.39, 0.29) is 25.2 Å². The molecule has 0 aliphatic rings. The summed E-state index contributed by atoms with van der Waals surface area (Å²) in [5, 5.41) is 30.9. The van der Waals surface area contributed by atoms with E-state index in [1.165, 1.54) is 25.6 Å². The highest BCUT2D eigenvalue weighted by Gasteiger charge is 2.32. The van der Waals surface area contributed by atoms with Gasteiger partial charge in [-0.2, -0.15) is 11.8 Å². The van der Waals surface area contributed by atoms with Gasteiger partial charge in [-0.15, -0.1) is 0 Å². The van der Waals surface area contributed by atoms with Crippen LogP contribution in [0, 0.1) is 5.92 Å². The van der Waals surface area contributed by atoms with Gasteiger partial charge in [0.2, 0.25) is 29.5 Å². The predicted molar refractivity (Wildman–Crippen MR) is 164 cm³/mol. The number of nitrogens with one attached hydrogen (secondary N) is 5. The number of carbonyl (C=O) groups is 7. The van der Waals surface area contributed by atoms with Gasteiger partial charge in [0.1, 0.15) is 30.2 Å². The first-order chi connectivity index (χ1) is 20.5. The van der Waals surface area contributed by atoms with E-state index in [0.717, 1.165) is 0 Å². The smallest absolute Gasteiger partial charge is 0.326 e. The zero-order valence-electron chi connectivity index (χ0n) is 26.0. The molecule has 0 rings (SSSR count). The number of carbonyl (C=O) groups excluding carboxylic acids is 5. The molecule has 0 heterocycles. The predicted octanol–water partition coefficient (Wildman–Crippen LogP) is -1.73. The molecule has 0 bridgehead atoms. The second-order valence-corrected chi connectivity index (χ2v) is 11.9. The Balaban J connectivity index is 5.80. The minimum atomic E-state index is -1.61. The molecule has 252 valence electrons. The number of amides is 5. The lowest BCUT2D eigenvalue weighted by atomic mass is 10.0. The van der Waals surface area contributed by atoms with Crippen LogP contribution in [-0.2, 0) is 33.6 Å². The Hall–Kier alpha value is -3.44. The fraction of sp³-hybridized carbons (Fsp3) is 0.741. The van der Waals surface area contributed by atoms with Crippen LogP contribution in [0.3, 0.4) is 0 Å². The van der Waals surface area contributed by atoms with Gasteiger partial charge in [-0.05, 0) is 70.4 Å². The molecule has 11 N–H and O–H groups in total. The summed E-state index contributed by atoms with van der Waals surface area (Å²) in [6.07, 6.45) is 2.27. The van der Waals surface area contributed by atoms with Gasteiger partial charge in [-0.25, -0.2) is 4.79 Å². The zero-order valence-corrected chi connectivity index (χ0v) is 26.8. The van der Waals surface area contributed by atoms with Crippen molar-refractivity contribution in [2.24, 2.45) is 17.4 Å². The molecule has 0 saturated heterocycles. The fourth-order valence-corrected chi connectivity index (χ4v) is 4.34. The number of thioether (sulfide) groups is 1. The first-order valence-electron chi connectivity index (χ1n) is 14.4. The van der Waals surface area contributed by atoms with Crippen LogP contribution in [0.25, 0.3) is 0 Å². The molecule has 6 atom stereocenters. The average Bonchev–Trinajstić information content (AvgIpc) is 2.92. The molecule has 0 spiro atoms. The quantitative estimate of drug-likeness (QED) is 0.0593. The molecule has 0 fully saturated rings. The Morgan fingerprint density at radius 3 is 1.68 bits per heavy atom. The maximum absolute atomic E-state index is 13.2. The van der Waals surface area contributed by atoms with Gasteiger partial charge in [0, 0.05) is 0 Å². The molecule has 0 saturated carbocycles. The van der Waals surface area contributed by atoms with E-state index >= 15 is 0 Å². The highest BCUT2D eigenvalue weighted by atomic mass is 32.2. The van der Waals surface area contributed by atoms with E-state index in [1.54, 1.807) is 20.1 Å². The van der Waals surface area contributed by atoms with Gasteiger partial charge in [-0.1, -0.05) is 13.8 Å². The van der Waals surface area contributed by atoms with Crippen molar-refractivity contribution < 1.29 is 43.8 Å². The van der Waals surface area contributed by atoms with Crippen molar-refractivity contribution in [1.82, 2.24) is 26.6 Å². The number of carboxylic acids is 2. The van der Waals surface area contributed by atoms with Gasteiger partial charge in [0.15, 0.2) is 0 Å². The van der Waals surface area contributed by atoms with E-state index in [9.17, 15) is 43.8 Å². The molecule has 0 radical (unpaired) electrons. The monoisotopic (exact) mass is 647 g/mol. The lowest BCUT2D eigenvalue weighted by molar-refractivity contribution is -0.142. The van der Waals surface area contributed by atoms with Gasteiger partial charge >= 0.3 is 11.9 Å². The normalized spacial score (nSPS) is 15.1. The minimum absolute atomic E-state index is 0.0241. The van der Waals surface area contributed by atoms with E-state index in [0.29, 0.717) is 25.1 Å². The molecule has 0 aromatic rings. The highest BCUT2D eigenvalue weighted by molar-refractivity contribution is 7.98. The Morgan fingerprint density at radius 2 is 1.18 bits per heavy atom. The van der Waals surface area contributed by atoms with Gasteiger partial charge in [0.25, 0.3) is 0 Å². The fourth-order valence-electron chi connectivity index (χ4n) is 3.87. The van der Waals surface area contributed by atoms with Crippen molar-refractivity contribution in [3.63, 3.8) is 0 Å². The lowest BCUT2D eigenvalue weighted by Gasteiger charge is -2.26. The number of hydrogen-bond donors (Lipinski definition) is 9. The van der Waals surface area contributed by atoms with Crippen molar-refractivity contribution in [3.05, 3.63) is 0 Å². The lowest BCUT2D eigenvalue weighted by Crippen LogP contribution is -2.59. The van der Waals surface area contributed by atoms with E-state index in [1.807, 2.05) is 0 Å². The summed E-state index contributed by atoms with van der Waals surface area (Å²) < 4.78 is 0. The number of carboxylic acid groups (broad SMARTS) is 2. The van der Waals surface area contributed by atoms with E-state index in [2.05, 4.69) is 26.6 Å². The first-order valence-corrected chi connectivity index (χ1v) is 15.8. The summed E-state index contributed by atoms with van der Waals surface area (Å²) in [7, 11) is 0. The molecule has 0 aromatic heterocycles. The summed E-state index contributed by atoms with van der Waals surface area (Å²) >= 11 is 1.41. The molecule has 17 heteroatoms. The number of nitrogens with two attached hydrogens (primary N) is 2. The topological polar surface area (TPSA) is 272 Å². The molecular weight excluding hydrogens is 598 g/mol. The SMILES string of the molecule is CSCC[C@H](NC(=O)[C@H](C)N)C(=O)N[C@@H](CC(=O)O)C(=O)N[C@@H](CCCCN)C(=O)N[C@@H](C)C(=O)N[C@@H](CC(C)C)C(=O)O. The van der Waals surface area contributed by atoms with Gasteiger partial charge < -0.3 is 48.3 Å². The second-order valence-electron chi connectivity index (χ2n) is 10.9. The Labute approximate surface area is 261 Å². The standard InChI is InChI=1S/C27H49N7O9S/c1-14(2)12-20(27(42)43)34-23(38)16(4)30-24(39)17(8-6-7-10-28)32-26(41)19(13-21(35)36)33-25(40)18(9-11-44-5)31-22(37)15(3)29/h14-20H,6-13,28-29H2,1-5H3,(H,30,39)(H,31,37)(H,32,41)(H,33,40)(H,34,38)(H,35,36)(H,42,43)/t15-,16-,17-,18-,19-,20-/m0/s1. The Morgan fingerprint density at radius 1 is 0.682 bits per heavy atom. The van der Waals surface area contributed by atoms with E-state index in [4.69, 9.17) is 11.5 Å². The average molecular weight is 648 g/mol. The maximum Gasteiger partial charge on any atom is 0.326 e. The molecule has 16 nitrogen and oxygen atoms in total. The minimum Gasteiger partial charge on any atom is -0.481 e. The number of aliphatic carboxylic acids is 2. The summed E-state index contributed by atoms with van der Waals surface area (Å²) in [5.41, 5.74) is 11.1. The van der Waals surface area contributed by atoms with Crippen LogP contribution in [0.15, 0.2) is 0 Å². The molecule has 0 aliphatic carbocycles. The third-order valence-corrected chi connectivity index (χ3v) is 6.97. The Bertz CT molecular complexity index is 997. The van der Waals surface area contributed by atoms with Crippen LogP contribution in [0.1, 0.15) is 66.2 Å². The second kappa shape index (κ2) is 21.3. The van der Waals surface area contributed by atoms with Crippen LogP contribution in [0.2, 0.25) is 0 Å². The molecule has 5 amide bonds. The van der Waals surface area contributed by atoms with Crippen molar-refractivity contribution in [1.29, 1.82) is 0 Å². The molecular formula is C27H49N7O9S. The van der Waals surface area contributed by atoms with Crippen LogP contribution >= 0.6 is 11.8 Å². The summed E-state index contributed by atoms with van der Waals surface area (Å²) in [6, 6.07) is -7.21. The highest BCUT2D eigenvalue weighted by Crippen LogP contribution is 2.08. The van der Waals surface area contributed by atoms with Crippen molar-refractivity contribution in [2.45, 2.75) is 102 Å². The third-order valence-electron chi connectivity index (χ3n) is 6.32. The zero-order chi connectivity index (χ0) is 34.0. The number of unbranched alkanes of at least 4 members (excludes halogenated alkanes) is 1. The summed E-state index contributed by atoms with van der Waals surface area (Å²) in [5.74, 6) is -6.12. The molecule has 0 aliphatic heterocycles. The van der Waals surface area contributed by atoms with Gasteiger partial charge in [-0.3, -0.25) is 28.8 Å². The first kappa shape index (κ1) is 40.6. The van der Waals surface area contributed by atoms with Gasteiger partial charge in [0.05, 0.1) is 12.5 Å². The van der Waals surface area contributed by atoms with Crippen molar-refractivity contribution in [3.8, 4) is 0 Å². The molecule has 0 unspecified atom stereocenters. The number of hydrogen-bond acceptors (Lipinski definition) is 10. The molecule has 44 heavy (non-hydrogen) atoms. The third kappa shape index (κ3) is 16.4. The van der Waals surface area contributed by atoms with Crippen molar-refractivity contribution >= 4 is 53.2 Å². The molecule has 0 aromatic carbocycles. The van der Waals surface area contributed by atoms with Crippen molar-refractivity contribution in [2.75, 3.05) is 18.6 Å².